The molecular weight excluding hydrogens is 297 g/mol. The van der Waals surface area contributed by atoms with Gasteiger partial charge in [0.2, 0.25) is 0 Å². The van der Waals surface area contributed by atoms with Crippen LogP contribution >= 0.6 is 23.2 Å². The van der Waals surface area contributed by atoms with E-state index in [1.807, 2.05) is 0 Å². The maximum absolute atomic E-state index is 12.0. The molecule has 0 bridgehead atoms. The number of hydrogen-bond donors (Lipinski definition) is 1. The van der Waals surface area contributed by atoms with Crippen LogP contribution in [0.5, 0.6) is 0 Å². The number of carbonyl (C=O) groups excluding carboxylic acids is 1. The molecule has 2 aromatic rings. The molecule has 0 saturated heterocycles. The summed E-state index contributed by atoms with van der Waals surface area (Å²) in [5, 5.41) is 0.897. The minimum Gasteiger partial charge on any atom is -0.457 e. The second-order valence-corrected chi connectivity index (χ2v) is 5.16. The molecular formula is C15H13Cl2NO2. The van der Waals surface area contributed by atoms with Crippen molar-refractivity contribution in [2.24, 2.45) is 0 Å². The minimum absolute atomic E-state index is 0.129. The summed E-state index contributed by atoms with van der Waals surface area (Å²) in [4.78, 5) is 12.0. The van der Waals surface area contributed by atoms with E-state index in [2.05, 4.69) is 0 Å². The molecule has 0 radical (unpaired) electrons. The summed E-state index contributed by atoms with van der Waals surface area (Å²) >= 11 is 11.7. The van der Waals surface area contributed by atoms with Crippen molar-refractivity contribution < 1.29 is 9.53 Å². The molecule has 2 N–H and O–H groups in total. The number of rotatable bonds is 3. The Kier molecular flexibility index (Phi) is 4.53. The number of ether oxygens (including phenoxy) is 1. The molecule has 2 rings (SSSR count). The van der Waals surface area contributed by atoms with Gasteiger partial charge in [0.15, 0.2) is 0 Å². The first-order valence-corrected chi connectivity index (χ1v) is 6.71. The molecule has 0 atom stereocenters. The fraction of sp³-hybridized carbons (Fsp3) is 0.133. The van der Waals surface area contributed by atoms with Gasteiger partial charge in [-0.05, 0) is 42.3 Å². The lowest BCUT2D eigenvalue weighted by atomic mass is 10.1. The number of esters is 1. The van der Waals surface area contributed by atoms with Gasteiger partial charge in [0.05, 0.1) is 15.6 Å². The number of carbonyl (C=O) groups is 1. The monoisotopic (exact) mass is 309 g/mol. The maximum atomic E-state index is 12.0. The van der Waals surface area contributed by atoms with E-state index in [0.29, 0.717) is 26.9 Å². The van der Waals surface area contributed by atoms with Gasteiger partial charge >= 0.3 is 5.97 Å². The summed E-state index contributed by atoms with van der Waals surface area (Å²) in [7, 11) is 0. The summed E-state index contributed by atoms with van der Waals surface area (Å²) in [5.74, 6) is -0.416. The number of benzene rings is 2. The lowest BCUT2D eigenvalue weighted by Gasteiger charge is -2.09. The molecule has 0 spiro atoms. The van der Waals surface area contributed by atoms with E-state index in [1.54, 1.807) is 43.3 Å². The highest BCUT2D eigenvalue weighted by Crippen LogP contribution is 2.23. The predicted molar refractivity (Wildman–Crippen MR) is 81.2 cm³/mol. The third-order valence-corrected chi connectivity index (χ3v) is 3.69. The smallest absolute Gasteiger partial charge is 0.338 e. The first-order chi connectivity index (χ1) is 9.49. The van der Waals surface area contributed by atoms with Crippen LogP contribution in [0.1, 0.15) is 21.5 Å². The van der Waals surface area contributed by atoms with E-state index >= 15 is 0 Å². The Morgan fingerprint density at radius 2 is 1.95 bits per heavy atom. The Hall–Kier alpha value is -1.71. The Balaban J connectivity index is 2.08. The molecule has 2 aromatic carbocycles. The molecule has 20 heavy (non-hydrogen) atoms. The van der Waals surface area contributed by atoms with Crippen LogP contribution in [0.4, 0.5) is 5.69 Å². The van der Waals surface area contributed by atoms with Gasteiger partial charge in [-0.3, -0.25) is 0 Å². The second-order valence-electron chi connectivity index (χ2n) is 4.34. The van der Waals surface area contributed by atoms with Crippen molar-refractivity contribution in [1.29, 1.82) is 0 Å². The Bertz CT molecular complexity index is 656. The molecule has 0 aromatic heterocycles. The molecule has 0 aliphatic heterocycles. The van der Waals surface area contributed by atoms with Crippen LogP contribution in [0, 0.1) is 6.92 Å². The van der Waals surface area contributed by atoms with Crippen LogP contribution in [0.25, 0.3) is 0 Å². The lowest BCUT2D eigenvalue weighted by molar-refractivity contribution is 0.0472. The zero-order valence-corrected chi connectivity index (χ0v) is 12.3. The van der Waals surface area contributed by atoms with Gasteiger partial charge in [-0.1, -0.05) is 35.3 Å². The number of hydrogen-bond acceptors (Lipinski definition) is 3. The van der Waals surface area contributed by atoms with Crippen molar-refractivity contribution in [2.45, 2.75) is 13.5 Å². The highest BCUT2D eigenvalue weighted by molar-refractivity contribution is 6.42. The standard InChI is InChI=1S/C15H13Cl2NO2/c1-9-11(3-2-4-14(9)18)15(19)20-8-10-5-6-12(16)13(17)7-10/h2-7H,8,18H2,1H3. The van der Waals surface area contributed by atoms with Gasteiger partial charge in [0.1, 0.15) is 6.61 Å². The molecule has 104 valence electrons. The average Bonchev–Trinajstić information content (AvgIpc) is 2.43. The van der Waals surface area contributed by atoms with E-state index in [0.717, 1.165) is 5.56 Å². The Labute approximate surface area is 127 Å². The van der Waals surface area contributed by atoms with Crippen LogP contribution in [0.3, 0.4) is 0 Å². The van der Waals surface area contributed by atoms with Gasteiger partial charge in [0, 0.05) is 5.69 Å². The maximum Gasteiger partial charge on any atom is 0.338 e. The van der Waals surface area contributed by atoms with Gasteiger partial charge < -0.3 is 10.5 Å². The first-order valence-electron chi connectivity index (χ1n) is 5.95. The molecule has 0 saturated carbocycles. The van der Waals surface area contributed by atoms with Crippen LogP contribution in [0.15, 0.2) is 36.4 Å². The third kappa shape index (κ3) is 3.24. The Morgan fingerprint density at radius 1 is 1.20 bits per heavy atom. The molecule has 0 aliphatic rings. The molecule has 0 amide bonds. The van der Waals surface area contributed by atoms with E-state index in [9.17, 15) is 4.79 Å². The van der Waals surface area contributed by atoms with Gasteiger partial charge in [-0.2, -0.15) is 0 Å². The van der Waals surface area contributed by atoms with Crippen molar-refractivity contribution >= 4 is 34.9 Å². The van der Waals surface area contributed by atoms with Crippen LogP contribution in [-0.2, 0) is 11.3 Å². The van der Waals surface area contributed by atoms with Crippen molar-refractivity contribution in [3.63, 3.8) is 0 Å². The van der Waals surface area contributed by atoms with Gasteiger partial charge in [-0.25, -0.2) is 4.79 Å². The molecule has 0 aliphatic carbocycles. The Morgan fingerprint density at radius 3 is 2.65 bits per heavy atom. The highest BCUT2D eigenvalue weighted by atomic mass is 35.5. The van der Waals surface area contributed by atoms with E-state index < -0.39 is 5.97 Å². The van der Waals surface area contributed by atoms with Crippen molar-refractivity contribution in [2.75, 3.05) is 5.73 Å². The van der Waals surface area contributed by atoms with Crippen LogP contribution < -0.4 is 5.73 Å². The quantitative estimate of drug-likeness (QED) is 0.681. The molecule has 0 unspecified atom stereocenters. The number of nitrogen functional groups attached to an aromatic ring is 1. The molecule has 0 fully saturated rings. The zero-order valence-electron chi connectivity index (χ0n) is 10.8. The summed E-state index contributed by atoms with van der Waals surface area (Å²) in [6.07, 6.45) is 0. The van der Waals surface area contributed by atoms with E-state index in [4.69, 9.17) is 33.7 Å². The largest absolute Gasteiger partial charge is 0.457 e. The summed E-state index contributed by atoms with van der Waals surface area (Å²) in [6, 6.07) is 10.2. The van der Waals surface area contributed by atoms with E-state index in [1.165, 1.54) is 0 Å². The predicted octanol–water partition coefficient (Wildman–Crippen LogP) is 4.24. The number of halogens is 2. The van der Waals surface area contributed by atoms with E-state index in [-0.39, 0.29) is 6.61 Å². The average molecular weight is 310 g/mol. The fourth-order valence-electron chi connectivity index (χ4n) is 1.73. The lowest BCUT2D eigenvalue weighted by Crippen LogP contribution is -2.08. The summed E-state index contributed by atoms with van der Waals surface area (Å²) < 4.78 is 5.25. The molecule has 5 heteroatoms. The van der Waals surface area contributed by atoms with Crippen molar-refractivity contribution in [3.05, 3.63) is 63.1 Å². The topological polar surface area (TPSA) is 52.3 Å². The summed E-state index contributed by atoms with van der Waals surface area (Å²) in [6.45, 7) is 1.91. The number of nitrogens with two attached hydrogens (primary N) is 1. The second kappa shape index (κ2) is 6.16. The minimum atomic E-state index is -0.416. The van der Waals surface area contributed by atoms with Crippen molar-refractivity contribution in [3.8, 4) is 0 Å². The normalized spacial score (nSPS) is 10.3. The van der Waals surface area contributed by atoms with Crippen LogP contribution in [-0.4, -0.2) is 5.97 Å². The number of anilines is 1. The fourth-order valence-corrected chi connectivity index (χ4v) is 2.05. The SMILES string of the molecule is Cc1c(N)cccc1C(=O)OCc1ccc(Cl)c(Cl)c1. The highest BCUT2D eigenvalue weighted by Gasteiger charge is 2.12. The summed E-state index contributed by atoms with van der Waals surface area (Å²) in [5.41, 5.74) is 8.28. The molecule has 3 nitrogen and oxygen atoms in total. The third-order valence-electron chi connectivity index (χ3n) is 2.95. The van der Waals surface area contributed by atoms with Gasteiger partial charge in [-0.15, -0.1) is 0 Å². The molecule has 0 heterocycles. The zero-order chi connectivity index (χ0) is 14.7. The van der Waals surface area contributed by atoms with Gasteiger partial charge in [0.25, 0.3) is 0 Å². The van der Waals surface area contributed by atoms with Crippen molar-refractivity contribution in [1.82, 2.24) is 0 Å². The first kappa shape index (κ1) is 14.7. The van der Waals surface area contributed by atoms with Crippen LogP contribution in [0.2, 0.25) is 10.0 Å².